The third-order valence-corrected chi connectivity index (χ3v) is 3.90. The first-order valence-electron chi connectivity index (χ1n) is 7.67. The molecule has 0 amide bonds. The number of hydrogen-bond donors (Lipinski definition) is 0. The van der Waals surface area contributed by atoms with E-state index in [2.05, 4.69) is 9.97 Å². The van der Waals surface area contributed by atoms with Gasteiger partial charge >= 0.3 is 0 Å². The van der Waals surface area contributed by atoms with Gasteiger partial charge in [0.05, 0.1) is 6.61 Å². The molecule has 0 aliphatic carbocycles. The Kier molecular flexibility index (Phi) is 4.68. The van der Waals surface area contributed by atoms with Crippen LogP contribution >= 0.6 is 0 Å². The summed E-state index contributed by atoms with van der Waals surface area (Å²) >= 11 is 0. The highest BCUT2D eigenvalue weighted by Crippen LogP contribution is 2.34. The Morgan fingerprint density at radius 1 is 1.43 bits per heavy atom. The van der Waals surface area contributed by atoms with Gasteiger partial charge in [0.15, 0.2) is 0 Å². The van der Waals surface area contributed by atoms with E-state index in [4.69, 9.17) is 9.47 Å². The Morgan fingerprint density at radius 3 is 3.00 bits per heavy atom. The summed E-state index contributed by atoms with van der Waals surface area (Å²) in [5.41, 5.74) is -0.925. The highest BCUT2D eigenvalue weighted by Gasteiger charge is 2.40. The SMILES string of the molecule is CCOC1(c2nccn2-c2cccc(C(F)F)n2)CCCOC1. The molecule has 1 unspecified atom stereocenters. The second-order valence-corrected chi connectivity index (χ2v) is 5.43. The van der Waals surface area contributed by atoms with Gasteiger partial charge in [0.2, 0.25) is 0 Å². The van der Waals surface area contributed by atoms with E-state index < -0.39 is 12.0 Å². The predicted molar refractivity (Wildman–Crippen MR) is 79.7 cm³/mol. The lowest BCUT2D eigenvalue weighted by molar-refractivity contribution is -0.136. The molecule has 3 heterocycles. The summed E-state index contributed by atoms with van der Waals surface area (Å²) in [4.78, 5) is 8.45. The van der Waals surface area contributed by atoms with E-state index in [9.17, 15) is 8.78 Å². The van der Waals surface area contributed by atoms with E-state index in [1.165, 1.54) is 6.07 Å². The number of hydrogen-bond acceptors (Lipinski definition) is 4. The van der Waals surface area contributed by atoms with Crippen molar-refractivity contribution in [2.45, 2.75) is 31.8 Å². The van der Waals surface area contributed by atoms with Gasteiger partial charge in [-0.3, -0.25) is 4.57 Å². The van der Waals surface area contributed by atoms with Gasteiger partial charge in [0.1, 0.15) is 22.9 Å². The quantitative estimate of drug-likeness (QED) is 0.847. The lowest BCUT2D eigenvalue weighted by Crippen LogP contribution is -2.41. The smallest absolute Gasteiger partial charge is 0.280 e. The van der Waals surface area contributed by atoms with Crippen LogP contribution in [0.25, 0.3) is 5.82 Å². The molecule has 0 saturated carbocycles. The van der Waals surface area contributed by atoms with E-state index in [0.29, 0.717) is 31.5 Å². The lowest BCUT2D eigenvalue weighted by Gasteiger charge is -2.36. The van der Waals surface area contributed by atoms with Gasteiger partial charge in [0, 0.05) is 25.6 Å². The van der Waals surface area contributed by atoms with Crippen LogP contribution in [0.1, 0.15) is 37.7 Å². The fraction of sp³-hybridized carbons (Fsp3) is 0.500. The molecule has 2 aromatic rings. The van der Waals surface area contributed by atoms with Gasteiger partial charge in [-0.1, -0.05) is 6.07 Å². The largest absolute Gasteiger partial charge is 0.378 e. The van der Waals surface area contributed by atoms with E-state index >= 15 is 0 Å². The molecular formula is C16H19F2N3O2. The number of imidazole rings is 1. The molecule has 0 aromatic carbocycles. The number of ether oxygens (including phenoxy) is 2. The summed E-state index contributed by atoms with van der Waals surface area (Å²) in [6.45, 7) is 3.51. The first kappa shape index (κ1) is 16.0. The number of nitrogens with zero attached hydrogens (tertiary/aromatic N) is 3. The average Bonchev–Trinajstić information content (AvgIpc) is 3.06. The van der Waals surface area contributed by atoms with Crippen LogP contribution in [0.5, 0.6) is 0 Å². The number of aromatic nitrogens is 3. The maximum absolute atomic E-state index is 12.9. The Labute approximate surface area is 133 Å². The van der Waals surface area contributed by atoms with Crippen LogP contribution in [0.3, 0.4) is 0 Å². The molecule has 1 fully saturated rings. The Balaban J connectivity index is 2.03. The molecule has 2 aromatic heterocycles. The second-order valence-electron chi connectivity index (χ2n) is 5.43. The first-order chi connectivity index (χ1) is 11.2. The normalized spacial score (nSPS) is 21.7. The monoisotopic (exact) mass is 323 g/mol. The molecule has 0 radical (unpaired) electrons. The fourth-order valence-electron chi connectivity index (χ4n) is 2.92. The van der Waals surface area contributed by atoms with E-state index in [-0.39, 0.29) is 5.69 Å². The molecule has 1 aliphatic rings. The minimum Gasteiger partial charge on any atom is -0.378 e. The minimum atomic E-state index is -2.61. The zero-order valence-corrected chi connectivity index (χ0v) is 12.9. The maximum atomic E-state index is 12.9. The van der Waals surface area contributed by atoms with Crippen LogP contribution in [0.15, 0.2) is 30.6 Å². The Morgan fingerprint density at radius 2 is 2.30 bits per heavy atom. The topological polar surface area (TPSA) is 49.2 Å². The molecule has 5 nitrogen and oxygen atoms in total. The third kappa shape index (κ3) is 3.11. The van der Waals surface area contributed by atoms with Gasteiger partial charge in [-0.25, -0.2) is 18.7 Å². The van der Waals surface area contributed by atoms with Crippen molar-refractivity contribution in [2.24, 2.45) is 0 Å². The Hall–Kier alpha value is -1.86. The van der Waals surface area contributed by atoms with Crippen LogP contribution in [-0.4, -0.2) is 34.4 Å². The standard InChI is InChI=1S/C16H19F2N3O2/c1-2-23-16(7-4-10-22-11-16)15-19-8-9-21(15)13-6-3-5-12(20-13)14(17)18/h3,5-6,8-9,14H,2,4,7,10-11H2,1H3. The molecule has 7 heteroatoms. The number of alkyl halides is 2. The fourth-order valence-corrected chi connectivity index (χ4v) is 2.92. The van der Waals surface area contributed by atoms with Gasteiger partial charge in [-0.15, -0.1) is 0 Å². The highest BCUT2D eigenvalue weighted by molar-refractivity contribution is 5.29. The summed E-state index contributed by atoms with van der Waals surface area (Å²) < 4.78 is 39.1. The summed E-state index contributed by atoms with van der Waals surface area (Å²) in [7, 11) is 0. The maximum Gasteiger partial charge on any atom is 0.280 e. The van der Waals surface area contributed by atoms with Gasteiger partial charge in [-0.2, -0.15) is 0 Å². The number of pyridine rings is 1. The molecule has 23 heavy (non-hydrogen) atoms. The number of rotatable bonds is 5. The number of halogens is 2. The molecule has 0 spiro atoms. The van der Waals surface area contributed by atoms with Gasteiger partial charge in [-0.05, 0) is 31.9 Å². The van der Waals surface area contributed by atoms with Crippen molar-refractivity contribution in [3.8, 4) is 5.82 Å². The molecule has 0 N–H and O–H groups in total. The minimum absolute atomic E-state index is 0.257. The van der Waals surface area contributed by atoms with Gasteiger partial charge in [0.25, 0.3) is 6.43 Å². The van der Waals surface area contributed by atoms with Crippen molar-refractivity contribution < 1.29 is 18.3 Å². The van der Waals surface area contributed by atoms with Crippen LogP contribution in [-0.2, 0) is 15.1 Å². The lowest BCUT2D eigenvalue weighted by atomic mass is 9.95. The summed E-state index contributed by atoms with van der Waals surface area (Å²) in [5.74, 6) is 1.04. The molecule has 1 atom stereocenters. The Bertz CT molecular complexity index is 649. The van der Waals surface area contributed by atoms with Crippen LogP contribution in [0.2, 0.25) is 0 Å². The zero-order chi connectivity index (χ0) is 16.3. The molecule has 3 rings (SSSR count). The van der Waals surface area contributed by atoms with E-state index in [1.54, 1.807) is 29.1 Å². The predicted octanol–water partition coefficient (Wildman–Crippen LogP) is 3.25. The van der Waals surface area contributed by atoms with Crippen molar-refractivity contribution in [1.29, 1.82) is 0 Å². The van der Waals surface area contributed by atoms with Crippen LogP contribution < -0.4 is 0 Å². The van der Waals surface area contributed by atoms with Crippen molar-refractivity contribution in [2.75, 3.05) is 19.8 Å². The molecule has 1 aliphatic heterocycles. The van der Waals surface area contributed by atoms with E-state index in [0.717, 1.165) is 12.8 Å². The first-order valence-corrected chi connectivity index (χ1v) is 7.67. The highest BCUT2D eigenvalue weighted by atomic mass is 19.3. The molecular weight excluding hydrogens is 304 g/mol. The molecule has 0 bridgehead atoms. The van der Waals surface area contributed by atoms with E-state index in [1.807, 2.05) is 6.92 Å². The van der Waals surface area contributed by atoms with Crippen molar-refractivity contribution in [3.05, 3.63) is 42.1 Å². The van der Waals surface area contributed by atoms with Crippen molar-refractivity contribution in [1.82, 2.24) is 14.5 Å². The van der Waals surface area contributed by atoms with Crippen LogP contribution in [0.4, 0.5) is 8.78 Å². The summed E-state index contributed by atoms with van der Waals surface area (Å²) in [5, 5.41) is 0. The average molecular weight is 323 g/mol. The van der Waals surface area contributed by atoms with Crippen molar-refractivity contribution in [3.63, 3.8) is 0 Å². The molecule has 1 saturated heterocycles. The third-order valence-electron chi connectivity index (χ3n) is 3.90. The molecule has 124 valence electrons. The van der Waals surface area contributed by atoms with Crippen LogP contribution in [0, 0.1) is 0 Å². The van der Waals surface area contributed by atoms with Crippen molar-refractivity contribution >= 4 is 0 Å². The van der Waals surface area contributed by atoms with Gasteiger partial charge < -0.3 is 9.47 Å². The summed E-state index contributed by atoms with van der Waals surface area (Å²) in [6.07, 6.45) is 2.36. The zero-order valence-electron chi connectivity index (χ0n) is 12.9. The second kappa shape index (κ2) is 6.72. The summed E-state index contributed by atoms with van der Waals surface area (Å²) in [6, 6.07) is 4.56.